The van der Waals surface area contributed by atoms with Gasteiger partial charge in [0.2, 0.25) is 5.78 Å². The molecule has 0 aliphatic carbocycles. The van der Waals surface area contributed by atoms with E-state index in [1.54, 1.807) is 18.2 Å². The van der Waals surface area contributed by atoms with Crippen LogP contribution in [-0.4, -0.2) is 12.4 Å². The average molecular weight is 291 g/mol. The Kier molecular flexibility index (Phi) is 5.11. The lowest BCUT2D eigenvalue weighted by Gasteiger charge is -2.03. The van der Waals surface area contributed by atoms with Crippen molar-refractivity contribution in [3.63, 3.8) is 0 Å². The second-order valence-corrected chi connectivity index (χ2v) is 4.87. The third-order valence-electron chi connectivity index (χ3n) is 3.18. The summed E-state index contributed by atoms with van der Waals surface area (Å²) in [6.07, 6.45) is 1.60. The molecule has 3 nitrogen and oxygen atoms in total. The zero-order chi connectivity index (χ0) is 15.9. The molecule has 22 heavy (non-hydrogen) atoms. The summed E-state index contributed by atoms with van der Waals surface area (Å²) in [4.78, 5) is 12.3. The minimum absolute atomic E-state index is 0.119. The molecule has 2 aromatic rings. The van der Waals surface area contributed by atoms with Crippen LogP contribution in [0.15, 0.2) is 54.1 Å². The van der Waals surface area contributed by atoms with Crippen LogP contribution in [-0.2, 0) is 0 Å². The van der Waals surface area contributed by atoms with E-state index in [0.717, 1.165) is 16.9 Å². The molecule has 0 bridgehead atoms. The van der Waals surface area contributed by atoms with Crippen molar-refractivity contribution in [2.45, 2.75) is 13.8 Å². The van der Waals surface area contributed by atoms with E-state index in [-0.39, 0.29) is 11.4 Å². The summed E-state index contributed by atoms with van der Waals surface area (Å²) >= 11 is 0. The van der Waals surface area contributed by atoms with Gasteiger partial charge in [0, 0.05) is 5.56 Å². The van der Waals surface area contributed by atoms with Crippen LogP contribution in [0.2, 0.25) is 0 Å². The lowest BCUT2D eigenvalue weighted by molar-refractivity contribution is 0.104. The first-order chi connectivity index (χ1) is 10.6. The van der Waals surface area contributed by atoms with Crippen LogP contribution in [0.1, 0.15) is 28.4 Å². The van der Waals surface area contributed by atoms with Gasteiger partial charge >= 0.3 is 0 Å². The molecule has 0 heterocycles. The van der Waals surface area contributed by atoms with Gasteiger partial charge in [-0.25, -0.2) is 0 Å². The van der Waals surface area contributed by atoms with Crippen LogP contribution in [0, 0.1) is 18.3 Å². The number of rotatable bonds is 5. The third-order valence-corrected chi connectivity index (χ3v) is 3.18. The molecule has 0 amide bonds. The Balaban J connectivity index is 2.25. The number of allylic oxidation sites excluding steroid dienone is 1. The molecule has 0 saturated heterocycles. The minimum atomic E-state index is -0.267. The van der Waals surface area contributed by atoms with Crippen molar-refractivity contribution >= 4 is 11.9 Å². The van der Waals surface area contributed by atoms with E-state index in [0.29, 0.717) is 12.2 Å². The predicted octanol–water partition coefficient (Wildman–Crippen LogP) is 4.18. The van der Waals surface area contributed by atoms with Crippen molar-refractivity contribution < 1.29 is 9.53 Å². The summed E-state index contributed by atoms with van der Waals surface area (Å²) in [6, 6.07) is 16.5. The monoisotopic (exact) mass is 291 g/mol. The van der Waals surface area contributed by atoms with E-state index in [1.807, 2.05) is 56.3 Å². The summed E-state index contributed by atoms with van der Waals surface area (Å²) in [5.74, 6) is 0.499. The lowest BCUT2D eigenvalue weighted by atomic mass is 10.0. The molecule has 0 aliphatic rings. The van der Waals surface area contributed by atoms with Crippen molar-refractivity contribution in [2.24, 2.45) is 0 Å². The second-order valence-electron chi connectivity index (χ2n) is 4.87. The summed E-state index contributed by atoms with van der Waals surface area (Å²) in [7, 11) is 0. The number of hydrogen-bond acceptors (Lipinski definition) is 3. The molecule has 0 radical (unpaired) electrons. The number of ether oxygens (including phenoxy) is 1. The number of ketones is 1. The van der Waals surface area contributed by atoms with Crippen LogP contribution in [0.3, 0.4) is 0 Å². The maximum absolute atomic E-state index is 12.3. The fraction of sp³-hybridized carbons (Fsp3) is 0.158. The van der Waals surface area contributed by atoms with Gasteiger partial charge in [-0.2, -0.15) is 5.26 Å². The minimum Gasteiger partial charge on any atom is -0.494 e. The predicted molar refractivity (Wildman–Crippen MR) is 86.7 cm³/mol. The molecule has 0 atom stereocenters. The number of aryl methyl sites for hydroxylation is 1. The molecule has 110 valence electrons. The van der Waals surface area contributed by atoms with Gasteiger partial charge < -0.3 is 4.74 Å². The van der Waals surface area contributed by atoms with Crippen molar-refractivity contribution in [3.05, 3.63) is 70.8 Å². The topological polar surface area (TPSA) is 50.1 Å². The first-order valence-electron chi connectivity index (χ1n) is 7.10. The van der Waals surface area contributed by atoms with E-state index in [1.165, 1.54) is 0 Å². The normalized spacial score (nSPS) is 10.9. The zero-order valence-electron chi connectivity index (χ0n) is 12.7. The molecule has 0 aromatic heterocycles. The molecule has 0 spiro atoms. The molecule has 3 heteroatoms. The van der Waals surface area contributed by atoms with Crippen molar-refractivity contribution in [1.29, 1.82) is 5.26 Å². The van der Waals surface area contributed by atoms with E-state index >= 15 is 0 Å². The Labute approximate surface area is 130 Å². The van der Waals surface area contributed by atoms with Gasteiger partial charge in [0.15, 0.2) is 0 Å². The Hall–Kier alpha value is -2.86. The van der Waals surface area contributed by atoms with Crippen LogP contribution in [0.4, 0.5) is 0 Å². The molecule has 0 N–H and O–H groups in total. The van der Waals surface area contributed by atoms with Gasteiger partial charge in [0.25, 0.3) is 0 Å². The highest BCUT2D eigenvalue weighted by Crippen LogP contribution is 2.16. The SMILES string of the molecule is CCOc1ccc(C=C(C#N)C(=O)c2ccc(C)cc2)cc1. The molecular weight excluding hydrogens is 274 g/mol. The quantitative estimate of drug-likeness (QED) is 0.471. The fourth-order valence-electron chi connectivity index (χ4n) is 2.00. The number of hydrogen-bond donors (Lipinski definition) is 0. The Bertz CT molecular complexity index is 720. The van der Waals surface area contributed by atoms with Gasteiger partial charge in [-0.1, -0.05) is 42.0 Å². The molecule has 2 aromatic carbocycles. The summed E-state index contributed by atoms with van der Waals surface area (Å²) < 4.78 is 5.37. The smallest absolute Gasteiger partial charge is 0.203 e. The van der Waals surface area contributed by atoms with E-state index in [2.05, 4.69) is 0 Å². The Morgan fingerprint density at radius 1 is 1.14 bits per heavy atom. The zero-order valence-corrected chi connectivity index (χ0v) is 12.7. The molecule has 0 aliphatic heterocycles. The molecule has 0 fully saturated rings. The van der Waals surface area contributed by atoms with Gasteiger partial charge in [-0.3, -0.25) is 4.79 Å². The number of carbonyl (C=O) groups excluding carboxylic acids is 1. The highest BCUT2D eigenvalue weighted by molar-refractivity contribution is 6.14. The summed E-state index contributed by atoms with van der Waals surface area (Å²) in [5.41, 5.74) is 2.50. The first-order valence-corrected chi connectivity index (χ1v) is 7.10. The Morgan fingerprint density at radius 2 is 1.77 bits per heavy atom. The first kappa shape index (κ1) is 15.5. The third kappa shape index (κ3) is 3.83. The number of nitriles is 1. The number of benzene rings is 2. The maximum atomic E-state index is 12.3. The van der Waals surface area contributed by atoms with Crippen LogP contribution >= 0.6 is 0 Å². The standard InChI is InChI=1S/C19H17NO2/c1-3-22-18-10-6-15(7-11-18)12-17(13-20)19(21)16-8-4-14(2)5-9-16/h4-12H,3H2,1-2H3. The lowest BCUT2D eigenvalue weighted by Crippen LogP contribution is -2.01. The Morgan fingerprint density at radius 3 is 2.32 bits per heavy atom. The maximum Gasteiger partial charge on any atom is 0.203 e. The van der Waals surface area contributed by atoms with Crippen molar-refractivity contribution in [1.82, 2.24) is 0 Å². The van der Waals surface area contributed by atoms with Gasteiger partial charge in [0.1, 0.15) is 17.4 Å². The van der Waals surface area contributed by atoms with E-state index < -0.39 is 0 Å². The summed E-state index contributed by atoms with van der Waals surface area (Å²) in [6.45, 7) is 4.47. The highest BCUT2D eigenvalue weighted by atomic mass is 16.5. The number of Topliss-reactive ketones (excluding diaryl/α,β-unsaturated/α-hetero) is 1. The van der Waals surface area contributed by atoms with Gasteiger partial charge in [-0.05, 0) is 37.6 Å². The van der Waals surface area contributed by atoms with E-state index in [9.17, 15) is 10.1 Å². The van der Waals surface area contributed by atoms with Gasteiger partial charge in [-0.15, -0.1) is 0 Å². The highest BCUT2D eigenvalue weighted by Gasteiger charge is 2.11. The fourth-order valence-corrected chi connectivity index (χ4v) is 2.00. The second kappa shape index (κ2) is 7.24. The van der Waals surface area contributed by atoms with E-state index in [4.69, 9.17) is 4.74 Å². The molecular formula is C19H17NO2. The van der Waals surface area contributed by atoms with Gasteiger partial charge in [0.05, 0.1) is 6.61 Å². The van der Waals surface area contributed by atoms with Crippen molar-refractivity contribution in [3.8, 4) is 11.8 Å². The molecule has 0 saturated carbocycles. The van der Waals surface area contributed by atoms with Crippen LogP contribution in [0.5, 0.6) is 5.75 Å². The summed E-state index contributed by atoms with van der Waals surface area (Å²) in [5, 5.41) is 9.25. The molecule has 2 rings (SSSR count). The molecule has 0 unspecified atom stereocenters. The van der Waals surface area contributed by atoms with Crippen LogP contribution < -0.4 is 4.74 Å². The number of nitrogens with zero attached hydrogens (tertiary/aromatic N) is 1. The largest absolute Gasteiger partial charge is 0.494 e. The average Bonchev–Trinajstić information content (AvgIpc) is 2.54. The number of carbonyl (C=O) groups is 1. The van der Waals surface area contributed by atoms with Crippen LogP contribution in [0.25, 0.3) is 6.08 Å². The van der Waals surface area contributed by atoms with Crippen molar-refractivity contribution in [2.75, 3.05) is 6.61 Å².